The minimum Gasteiger partial charge on any atom is -0.324 e. The summed E-state index contributed by atoms with van der Waals surface area (Å²) in [6.07, 6.45) is 8.06. The van der Waals surface area contributed by atoms with Gasteiger partial charge in [0.05, 0.1) is 0 Å². The summed E-state index contributed by atoms with van der Waals surface area (Å²) in [6.45, 7) is 4.57. The van der Waals surface area contributed by atoms with Crippen LogP contribution < -0.4 is 5.73 Å². The number of hydrogen-bond acceptors (Lipinski definition) is 1. The Labute approximate surface area is 111 Å². The lowest BCUT2D eigenvalue weighted by Gasteiger charge is -2.39. The summed E-state index contributed by atoms with van der Waals surface area (Å²) >= 11 is 0. The maximum atomic E-state index is 6.32. The minimum absolute atomic E-state index is 0.271. The second kappa shape index (κ2) is 4.38. The van der Waals surface area contributed by atoms with Crippen LogP contribution in [0.4, 0.5) is 0 Å². The molecule has 0 aliphatic heterocycles. The van der Waals surface area contributed by atoms with Gasteiger partial charge in [0.15, 0.2) is 0 Å². The Hall–Kier alpha value is -0.820. The zero-order valence-corrected chi connectivity index (χ0v) is 11.7. The summed E-state index contributed by atoms with van der Waals surface area (Å²) in [5.74, 6) is 0.618. The van der Waals surface area contributed by atoms with Gasteiger partial charge in [0, 0.05) is 6.04 Å². The first-order valence-electron chi connectivity index (χ1n) is 7.52. The van der Waals surface area contributed by atoms with Gasteiger partial charge >= 0.3 is 0 Å². The Bertz CT molecular complexity index is 441. The van der Waals surface area contributed by atoms with Crippen LogP contribution in [0, 0.1) is 0 Å². The van der Waals surface area contributed by atoms with Crippen LogP contribution in [0.3, 0.4) is 0 Å². The van der Waals surface area contributed by atoms with E-state index in [1.165, 1.54) is 49.7 Å². The molecular formula is C17H25N. The molecule has 3 rings (SSSR count). The molecular weight excluding hydrogens is 218 g/mol. The van der Waals surface area contributed by atoms with E-state index in [0.29, 0.717) is 11.3 Å². The lowest BCUT2D eigenvalue weighted by Crippen LogP contribution is -2.32. The molecule has 18 heavy (non-hydrogen) atoms. The Balaban J connectivity index is 2.11. The maximum Gasteiger partial charge on any atom is 0.0298 e. The molecule has 0 radical (unpaired) electrons. The van der Waals surface area contributed by atoms with Gasteiger partial charge in [-0.05, 0) is 53.7 Å². The van der Waals surface area contributed by atoms with Crippen LogP contribution in [0.15, 0.2) is 18.2 Å². The van der Waals surface area contributed by atoms with Crippen molar-refractivity contribution in [2.24, 2.45) is 5.73 Å². The van der Waals surface area contributed by atoms with E-state index >= 15 is 0 Å². The van der Waals surface area contributed by atoms with E-state index in [4.69, 9.17) is 5.73 Å². The predicted molar refractivity (Wildman–Crippen MR) is 76.8 cm³/mol. The van der Waals surface area contributed by atoms with Crippen molar-refractivity contribution in [3.05, 3.63) is 34.9 Å². The molecule has 2 aliphatic carbocycles. The smallest absolute Gasteiger partial charge is 0.0298 e. The van der Waals surface area contributed by atoms with E-state index in [1.807, 2.05) is 0 Å². The van der Waals surface area contributed by atoms with Crippen LogP contribution in [0.25, 0.3) is 0 Å². The fourth-order valence-corrected chi connectivity index (χ4v) is 4.01. The Morgan fingerprint density at radius 2 is 1.89 bits per heavy atom. The fraction of sp³-hybridized carbons (Fsp3) is 0.647. The van der Waals surface area contributed by atoms with Gasteiger partial charge in [-0.25, -0.2) is 0 Å². The average molecular weight is 243 g/mol. The summed E-state index contributed by atoms with van der Waals surface area (Å²) in [7, 11) is 0. The van der Waals surface area contributed by atoms with E-state index in [1.54, 1.807) is 5.56 Å². The fourth-order valence-electron chi connectivity index (χ4n) is 4.01. The highest BCUT2D eigenvalue weighted by Crippen LogP contribution is 2.51. The molecule has 0 bridgehead atoms. The maximum absolute atomic E-state index is 6.32. The van der Waals surface area contributed by atoms with Crippen LogP contribution in [-0.4, -0.2) is 0 Å². The molecule has 1 spiro atoms. The predicted octanol–water partition coefficient (Wildman–Crippen LogP) is 4.42. The van der Waals surface area contributed by atoms with Gasteiger partial charge in [-0.1, -0.05) is 44.9 Å². The summed E-state index contributed by atoms with van der Waals surface area (Å²) in [6, 6.07) is 7.35. The highest BCUT2D eigenvalue weighted by Gasteiger charge is 2.40. The van der Waals surface area contributed by atoms with E-state index in [0.717, 1.165) is 0 Å². The second-order valence-corrected chi connectivity index (χ2v) is 6.63. The molecule has 0 aromatic heterocycles. The van der Waals surface area contributed by atoms with E-state index in [2.05, 4.69) is 32.0 Å². The zero-order chi connectivity index (χ0) is 12.8. The number of fused-ring (bicyclic) bond motifs is 2. The molecule has 0 saturated heterocycles. The Morgan fingerprint density at radius 3 is 2.56 bits per heavy atom. The molecule has 1 fully saturated rings. The van der Waals surface area contributed by atoms with Gasteiger partial charge in [-0.3, -0.25) is 0 Å². The van der Waals surface area contributed by atoms with Crippen LogP contribution in [0.5, 0.6) is 0 Å². The summed E-state index contributed by atoms with van der Waals surface area (Å²) < 4.78 is 0. The highest BCUT2D eigenvalue weighted by molar-refractivity contribution is 5.43. The lowest BCUT2D eigenvalue weighted by atomic mass is 9.67. The van der Waals surface area contributed by atoms with Gasteiger partial charge in [0.2, 0.25) is 0 Å². The van der Waals surface area contributed by atoms with E-state index in [-0.39, 0.29) is 6.04 Å². The molecule has 2 N–H and O–H groups in total. The summed E-state index contributed by atoms with van der Waals surface area (Å²) in [4.78, 5) is 0. The van der Waals surface area contributed by atoms with E-state index < -0.39 is 0 Å². The molecule has 1 heteroatoms. The third-order valence-corrected chi connectivity index (χ3v) is 5.21. The average Bonchev–Trinajstić information content (AvgIpc) is 2.84. The van der Waals surface area contributed by atoms with Crippen molar-refractivity contribution in [2.45, 2.75) is 69.7 Å². The number of rotatable bonds is 1. The van der Waals surface area contributed by atoms with Crippen LogP contribution in [0.2, 0.25) is 0 Å². The molecule has 1 atom stereocenters. The zero-order valence-electron chi connectivity index (χ0n) is 11.7. The van der Waals surface area contributed by atoms with Gasteiger partial charge in [-0.15, -0.1) is 0 Å². The molecule has 1 aromatic rings. The topological polar surface area (TPSA) is 26.0 Å². The molecule has 2 aliphatic rings. The van der Waals surface area contributed by atoms with Crippen molar-refractivity contribution >= 4 is 0 Å². The molecule has 1 nitrogen and oxygen atoms in total. The molecule has 1 aromatic carbocycles. The third kappa shape index (κ3) is 1.80. The van der Waals surface area contributed by atoms with Gasteiger partial charge < -0.3 is 5.73 Å². The van der Waals surface area contributed by atoms with Crippen molar-refractivity contribution in [1.82, 2.24) is 0 Å². The quantitative estimate of drug-likeness (QED) is 0.776. The monoisotopic (exact) mass is 243 g/mol. The van der Waals surface area contributed by atoms with Crippen LogP contribution in [-0.2, 0) is 5.41 Å². The normalized spacial score (nSPS) is 25.7. The van der Waals surface area contributed by atoms with Gasteiger partial charge in [0.25, 0.3) is 0 Å². The van der Waals surface area contributed by atoms with Crippen molar-refractivity contribution < 1.29 is 0 Å². The molecule has 1 unspecified atom stereocenters. The number of benzene rings is 1. The molecule has 1 saturated carbocycles. The van der Waals surface area contributed by atoms with Crippen molar-refractivity contribution in [2.75, 3.05) is 0 Å². The Morgan fingerprint density at radius 1 is 1.17 bits per heavy atom. The van der Waals surface area contributed by atoms with Gasteiger partial charge in [0.1, 0.15) is 0 Å². The standard InChI is InChI=1S/C17H25N/c1-12(2)13-5-6-14-15(11-13)17(8-3-4-9-17)10-7-16(14)18/h5-6,11-12,16H,3-4,7-10,18H2,1-2H3. The van der Waals surface area contributed by atoms with Crippen molar-refractivity contribution in [1.29, 1.82) is 0 Å². The molecule has 0 heterocycles. The number of hydrogen-bond donors (Lipinski definition) is 1. The summed E-state index contributed by atoms with van der Waals surface area (Å²) in [5.41, 5.74) is 11.3. The largest absolute Gasteiger partial charge is 0.324 e. The first-order chi connectivity index (χ1) is 8.62. The van der Waals surface area contributed by atoms with Crippen molar-refractivity contribution in [3.63, 3.8) is 0 Å². The first kappa shape index (κ1) is 12.2. The van der Waals surface area contributed by atoms with Gasteiger partial charge in [-0.2, -0.15) is 0 Å². The summed E-state index contributed by atoms with van der Waals surface area (Å²) in [5, 5.41) is 0. The van der Waals surface area contributed by atoms with Crippen LogP contribution >= 0.6 is 0 Å². The third-order valence-electron chi connectivity index (χ3n) is 5.21. The lowest BCUT2D eigenvalue weighted by molar-refractivity contribution is 0.344. The molecule has 0 amide bonds. The van der Waals surface area contributed by atoms with Crippen LogP contribution in [0.1, 0.15) is 81.0 Å². The number of nitrogens with two attached hydrogens (primary N) is 1. The SMILES string of the molecule is CC(C)c1ccc2c(c1)C1(CCCC1)CCC2N. The molecule has 98 valence electrons. The highest BCUT2D eigenvalue weighted by atomic mass is 14.7. The van der Waals surface area contributed by atoms with E-state index in [9.17, 15) is 0 Å². The van der Waals surface area contributed by atoms with Crippen molar-refractivity contribution in [3.8, 4) is 0 Å². The Kier molecular flexibility index (Phi) is 2.97. The first-order valence-corrected chi connectivity index (χ1v) is 7.52. The second-order valence-electron chi connectivity index (χ2n) is 6.63. The minimum atomic E-state index is 0.271.